The van der Waals surface area contributed by atoms with Crippen molar-refractivity contribution in [1.29, 1.82) is 0 Å². The van der Waals surface area contributed by atoms with Crippen molar-refractivity contribution in [1.82, 2.24) is 4.98 Å². The molecule has 1 aromatic carbocycles. The molecule has 0 aliphatic carbocycles. The molecule has 0 saturated heterocycles. The minimum absolute atomic E-state index is 0.0194. The Morgan fingerprint density at radius 2 is 1.75 bits per heavy atom. The second-order valence-electron chi connectivity index (χ2n) is 5.92. The van der Waals surface area contributed by atoms with Crippen LogP contribution in [0, 0.1) is 19.3 Å². The Balaban J connectivity index is 2.19. The topological polar surface area (TPSA) is 42.0 Å². The average molecular weight is 288 g/mol. The molecule has 0 unspecified atom stereocenters. The molecule has 2 aromatic rings. The number of rotatable bonds is 2. The van der Waals surface area contributed by atoms with Crippen molar-refractivity contribution in [2.75, 3.05) is 5.32 Å². The van der Waals surface area contributed by atoms with Crippen LogP contribution in [0.3, 0.4) is 0 Å². The number of carbonyl (C=O) groups excluding carboxylic acids is 1. The summed E-state index contributed by atoms with van der Waals surface area (Å²) in [5, 5.41) is 4.00. The van der Waals surface area contributed by atoms with E-state index in [1.807, 2.05) is 52.0 Å². The van der Waals surface area contributed by atoms with Crippen LogP contribution in [0.5, 0.6) is 0 Å². The summed E-state index contributed by atoms with van der Waals surface area (Å²) >= 11 is 1.70. The molecule has 1 amide bonds. The third-order valence-corrected chi connectivity index (χ3v) is 3.89. The van der Waals surface area contributed by atoms with Crippen molar-refractivity contribution >= 4 is 22.9 Å². The first-order chi connectivity index (χ1) is 9.27. The van der Waals surface area contributed by atoms with Crippen molar-refractivity contribution in [3.63, 3.8) is 0 Å². The van der Waals surface area contributed by atoms with E-state index in [1.165, 1.54) is 4.88 Å². The van der Waals surface area contributed by atoms with Crippen molar-refractivity contribution < 1.29 is 4.79 Å². The molecule has 0 spiro atoms. The Kier molecular flexibility index (Phi) is 3.95. The summed E-state index contributed by atoms with van der Waals surface area (Å²) in [5.74, 6) is 0.0194. The number of aryl methyl sites for hydroxylation is 2. The number of nitrogens with one attached hydrogen (secondary N) is 1. The molecule has 106 valence electrons. The van der Waals surface area contributed by atoms with E-state index < -0.39 is 0 Å². The van der Waals surface area contributed by atoms with E-state index in [-0.39, 0.29) is 11.3 Å². The number of hydrogen-bond acceptors (Lipinski definition) is 3. The third-order valence-electron chi connectivity index (χ3n) is 3.00. The van der Waals surface area contributed by atoms with Gasteiger partial charge in [0.2, 0.25) is 5.91 Å². The fourth-order valence-electron chi connectivity index (χ4n) is 1.83. The van der Waals surface area contributed by atoms with Gasteiger partial charge in [0.05, 0.1) is 10.7 Å². The number of hydrogen-bond donors (Lipinski definition) is 1. The van der Waals surface area contributed by atoms with Crippen LogP contribution in [0.15, 0.2) is 24.3 Å². The van der Waals surface area contributed by atoms with Gasteiger partial charge < -0.3 is 5.32 Å². The number of anilines is 1. The predicted molar refractivity (Wildman–Crippen MR) is 85.1 cm³/mol. The average Bonchev–Trinajstić information content (AvgIpc) is 2.68. The largest absolute Gasteiger partial charge is 0.326 e. The highest BCUT2D eigenvalue weighted by molar-refractivity contribution is 7.11. The predicted octanol–water partition coefficient (Wildman–Crippen LogP) is 4.41. The van der Waals surface area contributed by atoms with Crippen LogP contribution in [0.25, 0.3) is 11.3 Å². The van der Waals surface area contributed by atoms with Gasteiger partial charge in [0.1, 0.15) is 0 Å². The van der Waals surface area contributed by atoms with E-state index in [1.54, 1.807) is 11.3 Å². The first-order valence-electron chi connectivity index (χ1n) is 6.63. The highest BCUT2D eigenvalue weighted by Gasteiger charge is 2.21. The number of nitrogens with zero attached hydrogens (tertiary/aromatic N) is 1. The zero-order valence-electron chi connectivity index (χ0n) is 12.6. The quantitative estimate of drug-likeness (QED) is 0.889. The molecule has 0 atom stereocenters. The first kappa shape index (κ1) is 14.7. The maximum Gasteiger partial charge on any atom is 0.229 e. The molecule has 4 heteroatoms. The fraction of sp³-hybridized carbons (Fsp3) is 0.375. The lowest BCUT2D eigenvalue weighted by molar-refractivity contribution is -0.123. The third kappa shape index (κ3) is 3.25. The van der Waals surface area contributed by atoms with Crippen molar-refractivity contribution in [3.05, 3.63) is 34.2 Å². The summed E-state index contributed by atoms with van der Waals surface area (Å²) in [6.45, 7) is 9.79. The Labute approximate surface area is 124 Å². The number of amides is 1. The minimum atomic E-state index is -0.388. The Morgan fingerprint density at radius 3 is 2.20 bits per heavy atom. The second-order valence-corrected chi connectivity index (χ2v) is 7.33. The molecule has 1 aromatic heterocycles. The van der Waals surface area contributed by atoms with Gasteiger partial charge in [-0.2, -0.15) is 0 Å². The van der Waals surface area contributed by atoms with Gasteiger partial charge in [0, 0.05) is 21.5 Å². The van der Waals surface area contributed by atoms with Crippen LogP contribution in [-0.2, 0) is 4.79 Å². The summed E-state index contributed by atoms with van der Waals surface area (Å²) in [4.78, 5) is 17.7. The summed E-state index contributed by atoms with van der Waals surface area (Å²) in [7, 11) is 0. The van der Waals surface area contributed by atoms with E-state index in [9.17, 15) is 4.79 Å². The molecule has 0 radical (unpaired) electrons. The molecule has 20 heavy (non-hydrogen) atoms. The SMILES string of the molecule is Cc1nc(-c2ccc(NC(=O)C(C)(C)C)cc2)c(C)s1. The van der Waals surface area contributed by atoms with E-state index in [0.717, 1.165) is 22.0 Å². The Morgan fingerprint density at radius 1 is 1.15 bits per heavy atom. The molecule has 0 aliphatic heterocycles. The molecule has 1 heterocycles. The molecule has 0 aliphatic rings. The molecule has 3 nitrogen and oxygen atoms in total. The lowest BCUT2D eigenvalue weighted by atomic mass is 9.95. The summed E-state index contributed by atoms with van der Waals surface area (Å²) in [6, 6.07) is 7.85. The van der Waals surface area contributed by atoms with Gasteiger partial charge in [0.25, 0.3) is 0 Å². The fourth-order valence-corrected chi connectivity index (χ4v) is 2.67. The highest BCUT2D eigenvalue weighted by atomic mass is 32.1. The molecule has 0 saturated carbocycles. The zero-order valence-corrected chi connectivity index (χ0v) is 13.4. The number of benzene rings is 1. The van der Waals surface area contributed by atoms with Gasteiger partial charge in [-0.25, -0.2) is 4.98 Å². The minimum Gasteiger partial charge on any atom is -0.326 e. The van der Waals surface area contributed by atoms with Gasteiger partial charge in [-0.3, -0.25) is 4.79 Å². The molecule has 2 rings (SSSR count). The van der Waals surface area contributed by atoms with Gasteiger partial charge in [-0.15, -0.1) is 11.3 Å². The van der Waals surface area contributed by atoms with Crippen molar-refractivity contribution in [2.24, 2.45) is 5.41 Å². The van der Waals surface area contributed by atoms with Crippen LogP contribution in [-0.4, -0.2) is 10.9 Å². The Bertz CT molecular complexity index is 621. The molecule has 0 fully saturated rings. The maximum atomic E-state index is 11.9. The number of thiazole rings is 1. The lowest BCUT2D eigenvalue weighted by Gasteiger charge is -2.17. The van der Waals surface area contributed by atoms with Crippen molar-refractivity contribution in [3.8, 4) is 11.3 Å². The second kappa shape index (κ2) is 5.37. The van der Waals surface area contributed by atoms with Crippen LogP contribution < -0.4 is 5.32 Å². The van der Waals surface area contributed by atoms with E-state index in [0.29, 0.717) is 0 Å². The molecular weight excluding hydrogens is 268 g/mol. The van der Waals surface area contributed by atoms with Gasteiger partial charge in [0.15, 0.2) is 0 Å². The van der Waals surface area contributed by atoms with Gasteiger partial charge in [-0.1, -0.05) is 32.9 Å². The standard InChI is InChI=1S/C16H20N2OS/c1-10-14(17-11(2)20-10)12-6-8-13(9-7-12)18-15(19)16(3,4)5/h6-9H,1-5H3,(H,18,19). The molecule has 0 bridgehead atoms. The summed E-state index contributed by atoms with van der Waals surface area (Å²) in [5.41, 5.74) is 2.54. The van der Waals surface area contributed by atoms with Crippen LogP contribution >= 0.6 is 11.3 Å². The van der Waals surface area contributed by atoms with Crippen LogP contribution in [0.1, 0.15) is 30.7 Å². The normalized spacial score (nSPS) is 11.4. The van der Waals surface area contributed by atoms with Gasteiger partial charge >= 0.3 is 0 Å². The first-order valence-corrected chi connectivity index (χ1v) is 7.45. The van der Waals surface area contributed by atoms with E-state index >= 15 is 0 Å². The van der Waals surface area contributed by atoms with Crippen molar-refractivity contribution in [2.45, 2.75) is 34.6 Å². The maximum absolute atomic E-state index is 11.9. The van der Waals surface area contributed by atoms with Crippen LogP contribution in [0.2, 0.25) is 0 Å². The molecular formula is C16H20N2OS. The van der Waals surface area contributed by atoms with E-state index in [2.05, 4.69) is 17.2 Å². The molecule has 1 N–H and O–H groups in total. The smallest absolute Gasteiger partial charge is 0.229 e. The van der Waals surface area contributed by atoms with Crippen LogP contribution in [0.4, 0.5) is 5.69 Å². The number of carbonyl (C=O) groups is 1. The number of aromatic nitrogens is 1. The summed E-state index contributed by atoms with van der Waals surface area (Å²) < 4.78 is 0. The van der Waals surface area contributed by atoms with Gasteiger partial charge in [-0.05, 0) is 26.0 Å². The summed E-state index contributed by atoms with van der Waals surface area (Å²) in [6.07, 6.45) is 0. The monoisotopic (exact) mass is 288 g/mol. The Hall–Kier alpha value is -1.68. The van der Waals surface area contributed by atoms with E-state index in [4.69, 9.17) is 0 Å². The lowest BCUT2D eigenvalue weighted by Crippen LogP contribution is -2.27. The highest BCUT2D eigenvalue weighted by Crippen LogP contribution is 2.28. The zero-order chi connectivity index (χ0) is 14.9.